The first kappa shape index (κ1) is 12.9. The first-order valence-electron chi connectivity index (χ1n) is 6.70. The van der Waals surface area contributed by atoms with Gasteiger partial charge in [-0.25, -0.2) is 4.98 Å². The van der Waals surface area contributed by atoms with Gasteiger partial charge >= 0.3 is 0 Å². The number of aliphatic hydroxyl groups is 1. The third-order valence-corrected chi connectivity index (χ3v) is 4.23. The molecule has 1 heterocycles. The van der Waals surface area contributed by atoms with E-state index in [1.54, 1.807) is 6.92 Å². The molecule has 0 aliphatic heterocycles. The zero-order valence-corrected chi connectivity index (χ0v) is 12.5. The van der Waals surface area contributed by atoms with Gasteiger partial charge in [-0.1, -0.05) is 22.0 Å². The van der Waals surface area contributed by atoms with Gasteiger partial charge in [0, 0.05) is 15.7 Å². The van der Waals surface area contributed by atoms with E-state index in [9.17, 15) is 5.11 Å². The summed E-state index contributed by atoms with van der Waals surface area (Å²) in [4.78, 5) is 4.53. The molecule has 1 aromatic carbocycles. The Morgan fingerprint density at radius 3 is 2.89 bits per heavy atom. The Bertz CT molecular complexity index is 604. The van der Waals surface area contributed by atoms with E-state index in [-0.39, 0.29) is 0 Å². The second kappa shape index (κ2) is 5.10. The smallest absolute Gasteiger partial charge is 0.0997 e. The molecule has 0 bridgehead atoms. The molecule has 0 fully saturated rings. The van der Waals surface area contributed by atoms with Gasteiger partial charge in [0.25, 0.3) is 0 Å². The van der Waals surface area contributed by atoms with Crippen molar-refractivity contribution in [2.45, 2.75) is 38.7 Å². The summed E-state index contributed by atoms with van der Waals surface area (Å²) in [5.41, 5.74) is 4.48. The van der Waals surface area contributed by atoms with Crippen molar-refractivity contribution in [1.29, 1.82) is 0 Å². The first-order chi connectivity index (χ1) is 9.16. The molecule has 0 amide bonds. The molecule has 0 radical (unpaired) electrons. The van der Waals surface area contributed by atoms with Crippen LogP contribution in [0.2, 0.25) is 0 Å². The number of benzene rings is 1. The number of rotatable bonds is 2. The fraction of sp³-hybridized carbons (Fsp3) is 0.400. The average molecular weight is 321 g/mol. The van der Waals surface area contributed by atoms with Gasteiger partial charge in [-0.15, -0.1) is 0 Å². The highest BCUT2D eigenvalue weighted by Gasteiger charge is 2.18. The van der Waals surface area contributed by atoms with Crippen molar-refractivity contribution in [3.8, 4) is 5.69 Å². The maximum Gasteiger partial charge on any atom is 0.0997 e. The van der Waals surface area contributed by atoms with Crippen LogP contribution in [0.4, 0.5) is 0 Å². The SMILES string of the molecule is CC(O)c1ccc(Br)cc1-n1cnc2c1CCCC2. The standard InChI is InChI=1S/C15H17BrN2O/c1-10(19)12-7-6-11(16)8-15(12)18-9-17-13-4-2-3-5-14(13)18/h6-10,19H,2-5H2,1H3. The Kier molecular flexibility index (Phi) is 3.46. The van der Waals surface area contributed by atoms with E-state index in [2.05, 4.69) is 31.5 Å². The number of aryl methyl sites for hydroxylation is 1. The molecular weight excluding hydrogens is 304 g/mol. The molecule has 0 saturated carbocycles. The summed E-state index contributed by atoms with van der Waals surface area (Å²) in [6.45, 7) is 1.80. The van der Waals surface area contributed by atoms with E-state index < -0.39 is 6.10 Å². The number of imidazole rings is 1. The summed E-state index contributed by atoms with van der Waals surface area (Å²) < 4.78 is 3.16. The van der Waals surface area contributed by atoms with Gasteiger partial charge in [-0.2, -0.15) is 0 Å². The Hall–Kier alpha value is -1.13. The molecule has 100 valence electrons. The molecule has 19 heavy (non-hydrogen) atoms. The monoisotopic (exact) mass is 320 g/mol. The molecule has 1 aliphatic carbocycles. The highest BCUT2D eigenvalue weighted by molar-refractivity contribution is 9.10. The van der Waals surface area contributed by atoms with Crippen LogP contribution in [0.3, 0.4) is 0 Å². The maximum atomic E-state index is 9.95. The zero-order valence-electron chi connectivity index (χ0n) is 10.9. The number of nitrogens with zero attached hydrogens (tertiary/aromatic N) is 2. The largest absolute Gasteiger partial charge is 0.389 e. The van der Waals surface area contributed by atoms with E-state index in [0.29, 0.717) is 0 Å². The Morgan fingerprint density at radius 1 is 1.32 bits per heavy atom. The summed E-state index contributed by atoms with van der Waals surface area (Å²) >= 11 is 3.51. The van der Waals surface area contributed by atoms with Gasteiger partial charge < -0.3 is 9.67 Å². The predicted molar refractivity (Wildman–Crippen MR) is 78.5 cm³/mol. The molecule has 2 aromatic rings. The number of aliphatic hydroxyl groups excluding tert-OH is 1. The number of aromatic nitrogens is 2. The summed E-state index contributed by atoms with van der Waals surface area (Å²) in [7, 11) is 0. The van der Waals surface area contributed by atoms with Crippen LogP contribution in [-0.2, 0) is 12.8 Å². The van der Waals surface area contributed by atoms with Crippen LogP contribution in [0.1, 0.15) is 42.8 Å². The van der Waals surface area contributed by atoms with E-state index >= 15 is 0 Å². The quantitative estimate of drug-likeness (QED) is 0.918. The van der Waals surface area contributed by atoms with Gasteiger partial charge in [-0.05, 0) is 44.7 Å². The van der Waals surface area contributed by atoms with Crippen LogP contribution in [0.15, 0.2) is 29.0 Å². The topological polar surface area (TPSA) is 38.0 Å². The van der Waals surface area contributed by atoms with Crippen molar-refractivity contribution in [3.05, 3.63) is 46.0 Å². The van der Waals surface area contributed by atoms with Crippen molar-refractivity contribution >= 4 is 15.9 Å². The zero-order chi connectivity index (χ0) is 13.4. The van der Waals surface area contributed by atoms with E-state index in [4.69, 9.17) is 0 Å². The van der Waals surface area contributed by atoms with Gasteiger partial charge in [-0.3, -0.25) is 0 Å². The van der Waals surface area contributed by atoms with Crippen molar-refractivity contribution < 1.29 is 5.11 Å². The van der Waals surface area contributed by atoms with Crippen molar-refractivity contribution in [2.75, 3.05) is 0 Å². The summed E-state index contributed by atoms with van der Waals surface area (Å²) in [5, 5.41) is 9.95. The van der Waals surface area contributed by atoms with E-state index in [1.165, 1.54) is 24.2 Å². The molecule has 3 rings (SSSR count). The molecule has 3 nitrogen and oxygen atoms in total. The normalized spacial score (nSPS) is 16.2. The van der Waals surface area contributed by atoms with E-state index in [1.807, 2.05) is 18.5 Å². The molecule has 1 aromatic heterocycles. The van der Waals surface area contributed by atoms with Gasteiger partial charge in [0.15, 0.2) is 0 Å². The lowest BCUT2D eigenvalue weighted by Crippen LogP contribution is -2.09. The molecule has 1 unspecified atom stereocenters. The van der Waals surface area contributed by atoms with Gasteiger partial charge in [0.05, 0.1) is 23.8 Å². The van der Waals surface area contributed by atoms with Crippen molar-refractivity contribution in [1.82, 2.24) is 9.55 Å². The lowest BCUT2D eigenvalue weighted by atomic mass is 10.0. The number of hydrogen-bond donors (Lipinski definition) is 1. The van der Waals surface area contributed by atoms with Crippen LogP contribution in [0.25, 0.3) is 5.69 Å². The minimum atomic E-state index is -0.482. The second-order valence-corrected chi connectivity index (χ2v) is 6.01. The molecule has 1 aliphatic rings. The van der Waals surface area contributed by atoms with Crippen LogP contribution < -0.4 is 0 Å². The fourth-order valence-corrected chi connectivity index (χ4v) is 3.10. The molecular formula is C15H17BrN2O. The minimum Gasteiger partial charge on any atom is -0.389 e. The van der Waals surface area contributed by atoms with Crippen LogP contribution in [0.5, 0.6) is 0 Å². The van der Waals surface area contributed by atoms with Gasteiger partial charge in [0.1, 0.15) is 0 Å². The van der Waals surface area contributed by atoms with E-state index in [0.717, 1.165) is 28.6 Å². The lowest BCUT2D eigenvalue weighted by molar-refractivity contribution is 0.199. The second-order valence-electron chi connectivity index (χ2n) is 5.09. The van der Waals surface area contributed by atoms with Crippen molar-refractivity contribution in [2.24, 2.45) is 0 Å². The number of hydrogen-bond acceptors (Lipinski definition) is 2. The molecule has 0 saturated heterocycles. The maximum absolute atomic E-state index is 9.95. The van der Waals surface area contributed by atoms with Crippen LogP contribution >= 0.6 is 15.9 Å². The molecule has 1 N–H and O–H groups in total. The Labute approximate surface area is 121 Å². The fourth-order valence-electron chi connectivity index (χ4n) is 2.76. The summed E-state index contributed by atoms with van der Waals surface area (Å²) in [5.74, 6) is 0. The average Bonchev–Trinajstić information content (AvgIpc) is 2.82. The third-order valence-electron chi connectivity index (χ3n) is 3.73. The molecule has 1 atom stereocenters. The van der Waals surface area contributed by atoms with Crippen molar-refractivity contribution in [3.63, 3.8) is 0 Å². The summed E-state index contributed by atoms with van der Waals surface area (Å²) in [6, 6.07) is 5.99. The minimum absolute atomic E-state index is 0.482. The number of fused-ring (bicyclic) bond motifs is 1. The molecule has 0 spiro atoms. The van der Waals surface area contributed by atoms with Crippen LogP contribution in [0, 0.1) is 0 Å². The molecule has 4 heteroatoms. The highest BCUT2D eigenvalue weighted by Crippen LogP contribution is 2.29. The van der Waals surface area contributed by atoms with Gasteiger partial charge in [0.2, 0.25) is 0 Å². The number of halogens is 1. The van der Waals surface area contributed by atoms with Crippen LogP contribution in [-0.4, -0.2) is 14.7 Å². The lowest BCUT2D eigenvalue weighted by Gasteiger charge is -2.18. The highest BCUT2D eigenvalue weighted by atomic mass is 79.9. The first-order valence-corrected chi connectivity index (χ1v) is 7.49. The summed E-state index contributed by atoms with van der Waals surface area (Å²) in [6.07, 6.45) is 6.00. The predicted octanol–water partition coefficient (Wildman–Crippen LogP) is 3.57. The third kappa shape index (κ3) is 2.35. The Balaban J connectivity index is 2.16. The Morgan fingerprint density at radius 2 is 2.11 bits per heavy atom.